The van der Waals surface area contributed by atoms with Crippen LogP contribution in [0.25, 0.3) is 0 Å². The number of hydrogen-bond acceptors (Lipinski definition) is 2. The van der Waals surface area contributed by atoms with Crippen LogP contribution in [-0.4, -0.2) is 10.1 Å². The monoisotopic (exact) mass is 128 g/mol. The fourth-order valence-corrected chi connectivity index (χ4v) is 0.708. The van der Waals surface area contributed by atoms with Crippen molar-refractivity contribution < 1.29 is 10.1 Å². The summed E-state index contributed by atoms with van der Waals surface area (Å²) >= 11 is 0. The quantitative estimate of drug-likeness (QED) is 0.303. The number of aryl methyl sites for hydroxylation is 2. The summed E-state index contributed by atoms with van der Waals surface area (Å²) in [7, 11) is 0. The van der Waals surface area contributed by atoms with Crippen LogP contribution in [0.5, 0.6) is 0 Å². The Balaban J connectivity index is 3.29. The highest BCUT2D eigenvalue weighted by atomic mass is 16.6. The van der Waals surface area contributed by atoms with E-state index in [1.54, 1.807) is 19.9 Å². The Labute approximate surface area is 52.5 Å². The normalized spacial score (nSPS) is 10.0. The van der Waals surface area contributed by atoms with E-state index < -0.39 is 0 Å². The van der Waals surface area contributed by atoms with Crippen molar-refractivity contribution in [3.05, 3.63) is 22.7 Å². The minimum atomic E-state index is 0.426. The van der Waals surface area contributed by atoms with Crippen molar-refractivity contribution in [3.63, 3.8) is 0 Å². The first-order valence-corrected chi connectivity index (χ1v) is 2.61. The number of nitrogens with zero attached hydrogens (tertiary/aromatic N) is 2. The molecule has 1 N–H and O–H groups in total. The molecule has 9 heavy (non-hydrogen) atoms. The van der Waals surface area contributed by atoms with Gasteiger partial charge in [-0.1, -0.05) is 0 Å². The fraction of sp³-hybridized carbons (Fsp3) is 0.400. The lowest BCUT2D eigenvalue weighted by Gasteiger charge is -1.94. The van der Waals surface area contributed by atoms with E-state index in [2.05, 4.69) is 0 Å². The second kappa shape index (κ2) is 1.65. The van der Waals surface area contributed by atoms with Crippen molar-refractivity contribution in [1.29, 1.82) is 0 Å². The third-order valence-corrected chi connectivity index (χ3v) is 1.21. The van der Waals surface area contributed by atoms with Gasteiger partial charge in [0, 0.05) is 17.8 Å². The van der Waals surface area contributed by atoms with E-state index in [4.69, 9.17) is 5.21 Å². The molecule has 50 valence electrons. The van der Waals surface area contributed by atoms with Crippen molar-refractivity contribution in [2.45, 2.75) is 13.8 Å². The van der Waals surface area contributed by atoms with E-state index in [0.29, 0.717) is 21.1 Å². The molecule has 0 atom stereocenters. The second-order valence-electron chi connectivity index (χ2n) is 1.99. The molecule has 0 aliphatic rings. The van der Waals surface area contributed by atoms with Gasteiger partial charge < -0.3 is 10.4 Å². The van der Waals surface area contributed by atoms with Crippen LogP contribution in [0.2, 0.25) is 0 Å². The van der Waals surface area contributed by atoms with E-state index in [-0.39, 0.29) is 0 Å². The molecule has 1 heterocycles. The molecule has 0 saturated heterocycles. The molecule has 0 saturated carbocycles. The zero-order valence-electron chi connectivity index (χ0n) is 5.33. The minimum absolute atomic E-state index is 0.426. The summed E-state index contributed by atoms with van der Waals surface area (Å²) in [6.07, 6.45) is 0. The van der Waals surface area contributed by atoms with Gasteiger partial charge in [-0.05, 0) is 11.8 Å². The van der Waals surface area contributed by atoms with Gasteiger partial charge in [-0.25, -0.2) is 0 Å². The van der Waals surface area contributed by atoms with Gasteiger partial charge in [0.25, 0.3) is 0 Å². The third-order valence-electron chi connectivity index (χ3n) is 1.21. The Morgan fingerprint density at radius 1 is 1.67 bits per heavy atom. The van der Waals surface area contributed by atoms with Gasteiger partial charge in [0.05, 0.1) is 0 Å². The molecule has 4 heteroatoms. The fourth-order valence-electron chi connectivity index (χ4n) is 0.708. The maximum atomic E-state index is 10.6. The van der Waals surface area contributed by atoms with E-state index in [0.717, 1.165) is 0 Å². The predicted octanol–water partition coefficient (Wildman–Crippen LogP) is -0.0244. The van der Waals surface area contributed by atoms with Gasteiger partial charge in [-0.2, -0.15) is 0 Å². The highest BCUT2D eigenvalue weighted by Gasteiger charge is 2.08. The van der Waals surface area contributed by atoms with Crippen molar-refractivity contribution in [2.24, 2.45) is 0 Å². The van der Waals surface area contributed by atoms with Crippen LogP contribution in [0.3, 0.4) is 0 Å². The number of aromatic nitrogens is 2. The Kier molecular flexibility index (Phi) is 1.09. The lowest BCUT2D eigenvalue weighted by Crippen LogP contribution is -2.38. The molecule has 0 aromatic carbocycles. The van der Waals surface area contributed by atoms with Crippen molar-refractivity contribution in [1.82, 2.24) is 4.85 Å². The van der Waals surface area contributed by atoms with E-state index in [1.165, 1.54) is 0 Å². The number of rotatable bonds is 0. The first-order valence-electron chi connectivity index (χ1n) is 2.61. The van der Waals surface area contributed by atoms with Gasteiger partial charge in [0.15, 0.2) is 0 Å². The molecule has 1 aromatic heterocycles. The molecule has 0 unspecified atom stereocenters. The van der Waals surface area contributed by atoms with Crippen LogP contribution in [0.4, 0.5) is 0 Å². The average Bonchev–Trinajstić information content (AvgIpc) is 1.98. The maximum absolute atomic E-state index is 10.6. The van der Waals surface area contributed by atoms with Gasteiger partial charge in [0.2, 0.25) is 5.69 Å². The summed E-state index contributed by atoms with van der Waals surface area (Å²) < 4.78 is 0. The summed E-state index contributed by atoms with van der Waals surface area (Å²) in [6.45, 7) is 3.29. The molecule has 1 rings (SSSR count). The van der Waals surface area contributed by atoms with Gasteiger partial charge in [-0.15, -0.1) is 0 Å². The summed E-state index contributed by atoms with van der Waals surface area (Å²) in [6, 6.07) is 1.60. The van der Waals surface area contributed by atoms with Crippen molar-refractivity contribution >= 4 is 0 Å². The van der Waals surface area contributed by atoms with Crippen molar-refractivity contribution in [2.75, 3.05) is 0 Å². The standard InChI is InChI=1S/C5H8N2O2/c1-4-3-5(2)7(9)6(4)8/h3,8H,1-2H3. The molecule has 1 aromatic rings. The molecular weight excluding hydrogens is 120 g/mol. The second-order valence-corrected chi connectivity index (χ2v) is 1.99. The van der Waals surface area contributed by atoms with E-state index >= 15 is 0 Å². The molecule has 0 aliphatic carbocycles. The largest absolute Gasteiger partial charge is 0.593 e. The molecule has 0 fully saturated rings. The zero-order chi connectivity index (χ0) is 7.02. The zero-order valence-corrected chi connectivity index (χ0v) is 5.33. The molecule has 4 nitrogen and oxygen atoms in total. The van der Waals surface area contributed by atoms with Crippen LogP contribution < -0.4 is 4.85 Å². The summed E-state index contributed by atoms with van der Waals surface area (Å²) in [5.41, 5.74) is 1.04. The molecule has 0 amide bonds. The topological polar surface area (TPSA) is 52.1 Å². The van der Waals surface area contributed by atoms with Crippen LogP contribution in [-0.2, 0) is 0 Å². The van der Waals surface area contributed by atoms with E-state index in [1.807, 2.05) is 0 Å². The number of hydrogen-bond donors (Lipinski definition) is 1. The SMILES string of the molecule is Cc1cc(C)[n+]([O-])n1O. The first kappa shape index (κ1) is 5.94. The minimum Gasteiger partial charge on any atom is -0.593 e. The Bertz CT molecular complexity index is 207. The van der Waals surface area contributed by atoms with Crippen LogP contribution in [0, 0.1) is 19.1 Å². The lowest BCUT2D eigenvalue weighted by molar-refractivity contribution is -0.730. The third kappa shape index (κ3) is 0.718. The maximum Gasteiger partial charge on any atom is 0.222 e. The smallest absolute Gasteiger partial charge is 0.222 e. The summed E-state index contributed by atoms with van der Waals surface area (Å²) in [5, 5.41) is 19.4. The highest BCUT2D eigenvalue weighted by Crippen LogP contribution is 1.94. The van der Waals surface area contributed by atoms with Crippen LogP contribution in [0.1, 0.15) is 11.4 Å². The Morgan fingerprint density at radius 2 is 2.22 bits per heavy atom. The van der Waals surface area contributed by atoms with Crippen molar-refractivity contribution in [3.8, 4) is 0 Å². The summed E-state index contributed by atoms with van der Waals surface area (Å²) in [5.74, 6) is 0. The Morgan fingerprint density at radius 3 is 2.33 bits per heavy atom. The molecule has 0 aliphatic heterocycles. The highest BCUT2D eigenvalue weighted by molar-refractivity contribution is 5.00. The molecule has 0 bridgehead atoms. The molecule has 0 radical (unpaired) electrons. The molecular formula is C5H8N2O2. The van der Waals surface area contributed by atoms with Crippen LogP contribution in [0.15, 0.2) is 6.07 Å². The van der Waals surface area contributed by atoms with E-state index in [9.17, 15) is 5.21 Å². The summed E-state index contributed by atoms with van der Waals surface area (Å²) in [4.78, 5) is 0.991. The lowest BCUT2D eigenvalue weighted by atomic mass is 10.4. The van der Waals surface area contributed by atoms with Gasteiger partial charge in [-0.3, -0.25) is 0 Å². The van der Waals surface area contributed by atoms with Gasteiger partial charge in [0.1, 0.15) is 5.69 Å². The predicted molar refractivity (Wildman–Crippen MR) is 30.1 cm³/mol. The van der Waals surface area contributed by atoms with Gasteiger partial charge >= 0.3 is 0 Å². The Hall–Kier alpha value is -1.19. The van der Waals surface area contributed by atoms with Crippen LogP contribution >= 0.6 is 0 Å². The first-order chi connectivity index (χ1) is 4.13. The molecule has 0 spiro atoms. The average molecular weight is 128 g/mol.